The first-order chi connectivity index (χ1) is 27.7. The van der Waals surface area contributed by atoms with E-state index in [0.717, 1.165) is 76.4 Å². The summed E-state index contributed by atoms with van der Waals surface area (Å²) in [6, 6.07) is 59.3. The fourth-order valence-electron chi connectivity index (χ4n) is 8.31. The van der Waals surface area contributed by atoms with Crippen molar-refractivity contribution in [1.29, 1.82) is 0 Å². The number of oxazole rings is 1. The maximum Gasteiger partial charge on any atom is 0.227 e. The van der Waals surface area contributed by atoms with Crippen molar-refractivity contribution in [2.24, 2.45) is 0 Å². The Morgan fingerprint density at radius 1 is 0.375 bits per heavy atom. The predicted molar refractivity (Wildman–Crippen MR) is 232 cm³/mol. The van der Waals surface area contributed by atoms with E-state index in [1.165, 1.54) is 20.2 Å². The van der Waals surface area contributed by atoms with Crippen molar-refractivity contribution in [3.05, 3.63) is 170 Å². The zero-order valence-corrected chi connectivity index (χ0v) is 30.6. The SMILES string of the molecule is c1ccc(-c2nc3c(ccc4sc5ccc6ccc(-c7nc(-c8cccc9ccccc89)nc(-c8cc9ccccc9c9ccccc89)n7)cc6c5c43)o2)cc1. The van der Waals surface area contributed by atoms with Gasteiger partial charge in [-0.05, 0) is 85.6 Å². The highest BCUT2D eigenvalue weighted by molar-refractivity contribution is 7.26. The minimum Gasteiger partial charge on any atom is -0.436 e. The zero-order valence-electron chi connectivity index (χ0n) is 29.8. The monoisotopic (exact) mass is 732 g/mol. The second-order valence-electron chi connectivity index (χ2n) is 14.2. The van der Waals surface area contributed by atoms with Crippen LogP contribution in [0, 0.1) is 0 Å². The lowest BCUT2D eigenvalue weighted by Crippen LogP contribution is -2.01. The van der Waals surface area contributed by atoms with Gasteiger partial charge in [0.05, 0.1) is 0 Å². The van der Waals surface area contributed by atoms with E-state index < -0.39 is 0 Å². The van der Waals surface area contributed by atoms with Crippen LogP contribution in [-0.2, 0) is 0 Å². The molecule has 0 N–H and O–H groups in total. The van der Waals surface area contributed by atoms with Crippen LogP contribution in [-0.4, -0.2) is 19.9 Å². The quantitative estimate of drug-likeness (QED) is 0.169. The summed E-state index contributed by atoms with van der Waals surface area (Å²) in [5, 5.41) is 11.4. The Morgan fingerprint density at radius 2 is 1.02 bits per heavy atom. The van der Waals surface area contributed by atoms with Crippen LogP contribution in [0.4, 0.5) is 0 Å². The number of benzene rings is 9. The van der Waals surface area contributed by atoms with Gasteiger partial charge in [-0.15, -0.1) is 11.3 Å². The van der Waals surface area contributed by atoms with E-state index in [2.05, 4.69) is 133 Å². The molecule has 12 aromatic rings. The molecule has 0 bridgehead atoms. The molecule has 56 heavy (non-hydrogen) atoms. The highest BCUT2D eigenvalue weighted by atomic mass is 32.1. The van der Waals surface area contributed by atoms with E-state index in [9.17, 15) is 0 Å². The van der Waals surface area contributed by atoms with Crippen molar-refractivity contribution in [3.8, 4) is 45.6 Å². The highest BCUT2D eigenvalue weighted by Gasteiger charge is 2.20. The molecule has 0 amide bonds. The molecular formula is C50H28N4OS. The van der Waals surface area contributed by atoms with Gasteiger partial charge in [0.1, 0.15) is 5.52 Å². The third-order valence-electron chi connectivity index (χ3n) is 10.9. The summed E-state index contributed by atoms with van der Waals surface area (Å²) in [7, 11) is 0. The molecule has 260 valence electrons. The molecule has 0 aliphatic carbocycles. The van der Waals surface area contributed by atoms with E-state index in [-0.39, 0.29) is 0 Å². The van der Waals surface area contributed by atoms with Crippen LogP contribution in [0.3, 0.4) is 0 Å². The average Bonchev–Trinajstić information content (AvgIpc) is 3.88. The lowest BCUT2D eigenvalue weighted by atomic mass is 9.96. The van der Waals surface area contributed by atoms with Gasteiger partial charge in [-0.1, -0.05) is 127 Å². The fourth-order valence-corrected chi connectivity index (χ4v) is 9.44. The van der Waals surface area contributed by atoms with E-state index in [1.54, 1.807) is 11.3 Å². The first-order valence-corrected chi connectivity index (χ1v) is 19.4. The summed E-state index contributed by atoms with van der Waals surface area (Å²) >= 11 is 1.78. The maximum absolute atomic E-state index is 6.35. The van der Waals surface area contributed by atoms with Crippen molar-refractivity contribution < 1.29 is 4.42 Å². The summed E-state index contributed by atoms with van der Waals surface area (Å²) in [6.45, 7) is 0. The van der Waals surface area contributed by atoms with Crippen LogP contribution in [0.25, 0.3) is 120 Å². The molecule has 0 radical (unpaired) electrons. The molecule has 0 unspecified atom stereocenters. The smallest absolute Gasteiger partial charge is 0.227 e. The number of hydrogen-bond donors (Lipinski definition) is 0. The molecule has 3 aromatic heterocycles. The molecule has 0 saturated heterocycles. The molecule has 12 rings (SSSR count). The van der Waals surface area contributed by atoms with Gasteiger partial charge in [0, 0.05) is 42.4 Å². The van der Waals surface area contributed by atoms with Gasteiger partial charge in [0.2, 0.25) is 5.89 Å². The molecular weight excluding hydrogens is 705 g/mol. The van der Waals surface area contributed by atoms with Gasteiger partial charge in [-0.2, -0.15) is 0 Å². The molecule has 9 aromatic carbocycles. The number of fused-ring (bicyclic) bond motifs is 11. The molecule has 3 heterocycles. The van der Waals surface area contributed by atoms with E-state index >= 15 is 0 Å². The number of nitrogens with zero attached hydrogens (tertiary/aromatic N) is 4. The van der Waals surface area contributed by atoms with Crippen molar-refractivity contribution in [3.63, 3.8) is 0 Å². The van der Waals surface area contributed by atoms with Crippen molar-refractivity contribution in [2.45, 2.75) is 0 Å². The second kappa shape index (κ2) is 12.1. The second-order valence-corrected chi connectivity index (χ2v) is 15.3. The van der Waals surface area contributed by atoms with Crippen LogP contribution in [0.5, 0.6) is 0 Å². The van der Waals surface area contributed by atoms with E-state index in [1.807, 2.05) is 36.4 Å². The first kappa shape index (κ1) is 31.1. The van der Waals surface area contributed by atoms with Gasteiger partial charge in [0.25, 0.3) is 0 Å². The van der Waals surface area contributed by atoms with Crippen LogP contribution in [0.1, 0.15) is 0 Å². The summed E-state index contributed by atoms with van der Waals surface area (Å²) < 4.78 is 8.71. The number of rotatable bonds is 4. The summed E-state index contributed by atoms with van der Waals surface area (Å²) in [6.07, 6.45) is 0. The number of hydrogen-bond acceptors (Lipinski definition) is 6. The lowest BCUT2D eigenvalue weighted by molar-refractivity contribution is 0.620. The van der Waals surface area contributed by atoms with Crippen molar-refractivity contribution in [1.82, 2.24) is 19.9 Å². The molecule has 0 aliphatic rings. The number of aromatic nitrogens is 4. The molecule has 5 nitrogen and oxygen atoms in total. The average molecular weight is 733 g/mol. The molecule has 0 aliphatic heterocycles. The van der Waals surface area contributed by atoms with Crippen LogP contribution in [0.15, 0.2) is 174 Å². The summed E-state index contributed by atoms with van der Waals surface area (Å²) in [4.78, 5) is 20.9. The van der Waals surface area contributed by atoms with Gasteiger partial charge in [0.15, 0.2) is 23.1 Å². The topological polar surface area (TPSA) is 64.7 Å². The zero-order chi connectivity index (χ0) is 36.7. The third kappa shape index (κ3) is 4.79. The summed E-state index contributed by atoms with van der Waals surface area (Å²) in [5.74, 6) is 2.51. The predicted octanol–water partition coefficient (Wildman–Crippen LogP) is 13.7. The van der Waals surface area contributed by atoms with Gasteiger partial charge >= 0.3 is 0 Å². The Morgan fingerprint density at radius 3 is 1.89 bits per heavy atom. The normalized spacial score (nSPS) is 11.9. The molecule has 0 atom stereocenters. The van der Waals surface area contributed by atoms with Gasteiger partial charge in [-0.3, -0.25) is 0 Å². The lowest BCUT2D eigenvalue weighted by Gasteiger charge is -2.13. The molecule has 6 heteroatoms. The third-order valence-corrected chi connectivity index (χ3v) is 12.0. The Kier molecular flexibility index (Phi) is 6.73. The highest BCUT2D eigenvalue weighted by Crippen LogP contribution is 2.44. The fraction of sp³-hybridized carbons (Fsp3) is 0. The Labute approximate surface area is 324 Å². The Balaban J connectivity index is 1.13. The van der Waals surface area contributed by atoms with Crippen LogP contribution in [0.2, 0.25) is 0 Å². The molecule has 0 saturated carbocycles. The van der Waals surface area contributed by atoms with Crippen molar-refractivity contribution in [2.75, 3.05) is 0 Å². The van der Waals surface area contributed by atoms with Crippen LogP contribution < -0.4 is 0 Å². The van der Waals surface area contributed by atoms with Gasteiger partial charge < -0.3 is 4.42 Å². The Bertz CT molecular complexity index is 3550. The Hall–Kier alpha value is -7.28. The van der Waals surface area contributed by atoms with Gasteiger partial charge in [-0.25, -0.2) is 19.9 Å². The first-order valence-electron chi connectivity index (χ1n) is 18.6. The van der Waals surface area contributed by atoms with Crippen molar-refractivity contribution >= 4 is 85.7 Å². The summed E-state index contributed by atoms with van der Waals surface area (Å²) in [5.41, 5.74) is 5.45. The van der Waals surface area contributed by atoms with Crippen LogP contribution >= 0.6 is 11.3 Å². The standard InChI is InChI=1S/C50H28N4OS/c1-2-12-31(13-3-1)50-51-46-41(55-50)24-26-43-45(46)44-39-28-33(22-21-30(39)23-25-42(44)56-43)47-52-48(38-20-10-15-29-11-4-6-16-34(29)38)54-49(53-47)40-27-32-14-5-7-17-35(32)36-18-8-9-19-37(36)40/h1-28H. The van der Waals surface area contributed by atoms with E-state index in [4.69, 9.17) is 24.4 Å². The number of thiophene rings is 1. The molecule has 0 spiro atoms. The minimum atomic E-state index is 0.617. The maximum atomic E-state index is 6.35. The minimum absolute atomic E-state index is 0.617. The van der Waals surface area contributed by atoms with E-state index in [0.29, 0.717) is 23.4 Å². The molecule has 0 fully saturated rings. The largest absolute Gasteiger partial charge is 0.436 e.